The lowest BCUT2D eigenvalue weighted by Crippen LogP contribution is -2.45. The Hall–Kier alpha value is -3.50. The minimum Gasteiger partial charge on any atom is -0.328 e. The summed E-state index contributed by atoms with van der Waals surface area (Å²) in [6, 6.07) is 11.0. The summed E-state index contributed by atoms with van der Waals surface area (Å²) in [6.45, 7) is 2.02. The molecule has 0 spiro atoms. The molecule has 34 heavy (non-hydrogen) atoms. The molecule has 3 rings (SSSR count). The van der Waals surface area contributed by atoms with Gasteiger partial charge in [0.2, 0.25) is 11.8 Å². The van der Waals surface area contributed by atoms with Gasteiger partial charge in [0, 0.05) is 41.0 Å². The lowest BCUT2D eigenvalue weighted by Gasteiger charge is -2.26. The Morgan fingerprint density at radius 2 is 1.79 bits per heavy atom. The number of aryl methyl sites for hydroxylation is 1. The van der Waals surface area contributed by atoms with Gasteiger partial charge in [-0.15, -0.1) is 0 Å². The number of carbonyl (C=O) groups excluding carboxylic acids is 3. The molecule has 0 atom stereocenters. The molecule has 0 N–H and O–H groups in total. The first-order valence-corrected chi connectivity index (χ1v) is 11.0. The predicted molar refractivity (Wildman–Crippen MR) is 128 cm³/mol. The van der Waals surface area contributed by atoms with Gasteiger partial charge in [-0.3, -0.25) is 29.4 Å². The Balaban J connectivity index is 1.76. The van der Waals surface area contributed by atoms with Crippen LogP contribution in [-0.2, 0) is 9.59 Å². The number of nitro groups is 1. The van der Waals surface area contributed by atoms with Gasteiger partial charge in [-0.05, 0) is 51.4 Å². The molecule has 10 nitrogen and oxygen atoms in total. The van der Waals surface area contributed by atoms with E-state index in [-0.39, 0.29) is 43.5 Å². The number of hydrogen-bond donors (Lipinski definition) is 0. The fourth-order valence-corrected chi connectivity index (χ4v) is 3.65. The molecule has 180 valence electrons. The molecular weight excluding hydrogens is 462 g/mol. The van der Waals surface area contributed by atoms with Crippen molar-refractivity contribution in [3.8, 4) is 0 Å². The molecule has 2 aromatic rings. The molecule has 1 aliphatic heterocycles. The highest BCUT2D eigenvalue weighted by atomic mass is 35.5. The molecule has 0 radical (unpaired) electrons. The topological polar surface area (TPSA) is 107 Å². The second-order valence-electron chi connectivity index (χ2n) is 8.32. The first kappa shape index (κ1) is 25.1. The van der Waals surface area contributed by atoms with Crippen LogP contribution in [0.1, 0.15) is 15.9 Å². The zero-order valence-corrected chi connectivity index (χ0v) is 20.0. The van der Waals surface area contributed by atoms with Crippen molar-refractivity contribution in [3.05, 3.63) is 68.7 Å². The Kier molecular flexibility index (Phi) is 7.85. The molecule has 0 bridgehead atoms. The summed E-state index contributed by atoms with van der Waals surface area (Å²) < 4.78 is 0. The Bertz CT molecular complexity index is 1110. The number of carbonyl (C=O) groups is 3. The van der Waals surface area contributed by atoms with Gasteiger partial charge >= 0.3 is 0 Å². The summed E-state index contributed by atoms with van der Waals surface area (Å²) in [4.78, 5) is 55.6. The lowest BCUT2D eigenvalue weighted by atomic mass is 10.1. The van der Waals surface area contributed by atoms with Gasteiger partial charge in [0.1, 0.15) is 19.8 Å². The predicted octanol–water partition coefficient (Wildman–Crippen LogP) is 2.39. The van der Waals surface area contributed by atoms with Gasteiger partial charge in [-0.1, -0.05) is 17.7 Å². The third-order valence-corrected chi connectivity index (χ3v) is 5.77. The average molecular weight is 488 g/mol. The summed E-state index contributed by atoms with van der Waals surface area (Å²) in [5.74, 6) is -1.12. The van der Waals surface area contributed by atoms with Crippen LogP contribution >= 0.6 is 11.6 Å². The first-order valence-electron chi connectivity index (χ1n) is 10.6. The fraction of sp³-hybridized carbons (Fsp3) is 0.348. The first-order chi connectivity index (χ1) is 16.1. The number of halogens is 1. The van der Waals surface area contributed by atoms with Gasteiger partial charge in [-0.2, -0.15) is 0 Å². The van der Waals surface area contributed by atoms with E-state index in [1.807, 2.05) is 19.0 Å². The largest absolute Gasteiger partial charge is 0.328 e. The highest BCUT2D eigenvalue weighted by Gasteiger charge is 2.33. The van der Waals surface area contributed by atoms with Crippen molar-refractivity contribution in [2.24, 2.45) is 0 Å². The van der Waals surface area contributed by atoms with E-state index in [1.54, 1.807) is 31.2 Å². The Morgan fingerprint density at radius 1 is 1.12 bits per heavy atom. The van der Waals surface area contributed by atoms with Crippen molar-refractivity contribution in [1.29, 1.82) is 0 Å². The van der Waals surface area contributed by atoms with Crippen molar-refractivity contribution in [2.45, 2.75) is 6.92 Å². The molecule has 0 aromatic heterocycles. The normalized spacial score (nSPS) is 13.5. The lowest BCUT2D eigenvalue weighted by molar-refractivity contribution is -0.385. The smallest absolute Gasteiger partial charge is 0.273 e. The van der Waals surface area contributed by atoms with Crippen molar-refractivity contribution < 1.29 is 19.3 Å². The molecule has 1 heterocycles. The third kappa shape index (κ3) is 5.89. The van der Waals surface area contributed by atoms with Crippen LogP contribution in [0.2, 0.25) is 5.02 Å². The highest BCUT2D eigenvalue weighted by Crippen LogP contribution is 2.23. The van der Waals surface area contributed by atoms with E-state index in [0.717, 1.165) is 0 Å². The maximum Gasteiger partial charge on any atom is 0.273 e. The second-order valence-corrected chi connectivity index (χ2v) is 8.76. The minimum atomic E-state index is -0.539. The van der Waals surface area contributed by atoms with Gasteiger partial charge in [0.25, 0.3) is 11.6 Å². The maximum atomic E-state index is 13.2. The van der Waals surface area contributed by atoms with E-state index in [2.05, 4.69) is 0 Å². The number of nitrogens with zero attached hydrogens (tertiary/aromatic N) is 5. The summed E-state index contributed by atoms with van der Waals surface area (Å²) >= 11 is 5.91. The summed E-state index contributed by atoms with van der Waals surface area (Å²) in [6.07, 6.45) is 0. The van der Waals surface area contributed by atoms with Crippen LogP contribution in [0, 0.1) is 17.0 Å². The van der Waals surface area contributed by atoms with Crippen molar-refractivity contribution in [3.63, 3.8) is 0 Å². The van der Waals surface area contributed by atoms with E-state index in [0.29, 0.717) is 22.8 Å². The van der Waals surface area contributed by atoms with Crippen LogP contribution in [0.25, 0.3) is 0 Å². The van der Waals surface area contributed by atoms with Gasteiger partial charge in [0.15, 0.2) is 0 Å². The zero-order chi connectivity index (χ0) is 25.0. The molecule has 11 heteroatoms. The number of benzene rings is 2. The molecule has 1 aliphatic rings. The summed E-state index contributed by atoms with van der Waals surface area (Å²) in [5.41, 5.74) is 1.03. The Labute approximate surface area is 202 Å². The number of nitro benzene ring substituents is 1. The number of likely N-dealkylation sites (N-methyl/N-ethyl adjacent to an activating group) is 1. The molecule has 0 saturated carbocycles. The van der Waals surface area contributed by atoms with E-state index in [4.69, 9.17) is 11.6 Å². The van der Waals surface area contributed by atoms with Gasteiger partial charge in [0.05, 0.1) is 4.92 Å². The van der Waals surface area contributed by atoms with Crippen LogP contribution in [0.4, 0.5) is 11.4 Å². The standard InChI is InChI=1S/C23H26ClN5O5/c1-16-4-5-17(12-20(16)29(33)34)23(32)26(11-10-25(2)3)13-21(30)27-14-22(31)28(15-27)19-8-6-18(24)7-9-19/h4-9,12H,10-11,13-15H2,1-3H3. The SMILES string of the molecule is Cc1ccc(C(=O)N(CCN(C)C)CC(=O)N2CC(=O)N(c3ccc(Cl)cc3)C2)cc1[N+](=O)[O-]. The third-order valence-electron chi connectivity index (χ3n) is 5.51. The monoisotopic (exact) mass is 487 g/mol. The molecule has 3 amide bonds. The second kappa shape index (κ2) is 10.6. The van der Waals surface area contributed by atoms with Crippen LogP contribution in [-0.4, -0.2) is 84.3 Å². The van der Waals surface area contributed by atoms with Gasteiger partial charge < -0.3 is 14.7 Å². The van der Waals surface area contributed by atoms with Crippen LogP contribution < -0.4 is 4.90 Å². The Morgan fingerprint density at radius 3 is 2.41 bits per heavy atom. The van der Waals surface area contributed by atoms with Crippen molar-refractivity contribution in [2.75, 3.05) is 51.8 Å². The average Bonchev–Trinajstić information content (AvgIpc) is 3.18. The molecule has 0 unspecified atom stereocenters. The molecule has 1 fully saturated rings. The quantitative estimate of drug-likeness (QED) is 0.418. The van der Waals surface area contributed by atoms with E-state index in [1.165, 1.54) is 32.9 Å². The zero-order valence-electron chi connectivity index (χ0n) is 19.2. The maximum absolute atomic E-state index is 13.2. The highest BCUT2D eigenvalue weighted by molar-refractivity contribution is 6.30. The minimum absolute atomic E-state index is 0.0605. The number of amides is 3. The van der Waals surface area contributed by atoms with Crippen LogP contribution in [0.3, 0.4) is 0 Å². The molecule has 0 aliphatic carbocycles. The number of anilines is 1. The summed E-state index contributed by atoms with van der Waals surface area (Å²) in [5, 5.41) is 11.8. The summed E-state index contributed by atoms with van der Waals surface area (Å²) in [7, 11) is 3.68. The van der Waals surface area contributed by atoms with E-state index in [9.17, 15) is 24.5 Å². The van der Waals surface area contributed by atoms with Gasteiger partial charge in [-0.25, -0.2) is 0 Å². The number of hydrogen-bond acceptors (Lipinski definition) is 6. The fourth-order valence-electron chi connectivity index (χ4n) is 3.52. The van der Waals surface area contributed by atoms with Crippen molar-refractivity contribution in [1.82, 2.24) is 14.7 Å². The number of rotatable bonds is 8. The van der Waals surface area contributed by atoms with Crippen LogP contribution in [0.15, 0.2) is 42.5 Å². The van der Waals surface area contributed by atoms with Crippen LogP contribution in [0.5, 0.6) is 0 Å². The molecular formula is C23H26ClN5O5. The molecule has 1 saturated heterocycles. The molecule has 2 aromatic carbocycles. The van der Waals surface area contributed by atoms with E-state index < -0.39 is 16.7 Å². The van der Waals surface area contributed by atoms with E-state index >= 15 is 0 Å². The van der Waals surface area contributed by atoms with Crippen molar-refractivity contribution >= 4 is 40.7 Å².